The first-order valence-electron chi connectivity index (χ1n) is 18.2. The highest BCUT2D eigenvalue weighted by Gasteiger charge is 2.12. The van der Waals surface area contributed by atoms with E-state index < -0.39 is 0 Å². The second-order valence-electron chi connectivity index (χ2n) is 9.51. The van der Waals surface area contributed by atoms with Crippen LogP contribution in [0.3, 0.4) is 0 Å². The number of terminal acetylenes is 1. The van der Waals surface area contributed by atoms with Gasteiger partial charge in [0.25, 0.3) is 0 Å². The van der Waals surface area contributed by atoms with Crippen molar-refractivity contribution in [1.82, 2.24) is 16.0 Å². The van der Waals surface area contributed by atoms with Crippen molar-refractivity contribution >= 4 is 17.7 Å². The van der Waals surface area contributed by atoms with Crippen molar-refractivity contribution in [3.8, 4) is 12.8 Å². The summed E-state index contributed by atoms with van der Waals surface area (Å²) in [6.07, 6.45) is 25.1. The lowest BCUT2D eigenvalue weighted by atomic mass is 9.92. The summed E-state index contributed by atoms with van der Waals surface area (Å²) in [6, 6.07) is 0.338. The van der Waals surface area contributed by atoms with Crippen molar-refractivity contribution in [1.29, 1.82) is 0 Å². The molecule has 0 saturated carbocycles. The van der Waals surface area contributed by atoms with Crippen LogP contribution >= 0.6 is 11.8 Å². The van der Waals surface area contributed by atoms with Gasteiger partial charge in [-0.25, -0.2) is 0 Å². The Kier molecular flexibility index (Phi) is 68.2. The monoisotopic (exact) mass is 681 g/mol. The minimum Gasteiger partial charge on any atom is -0.391 e. The first kappa shape index (κ1) is 60.2. The number of nitrogens with two attached hydrogens (primary N) is 1. The topological polar surface area (TPSA) is 79.2 Å². The van der Waals surface area contributed by atoms with Gasteiger partial charge in [0.15, 0.2) is 0 Å². The summed E-state index contributed by atoms with van der Waals surface area (Å²) in [5, 5.41) is 9.44. The lowest BCUT2D eigenvalue weighted by Crippen LogP contribution is -2.35. The van der Waals surface area contributed by atoms with Crippen LogP contribution < -0.4 is 21.7 Å². The average molecular weight is 681 g/mol. The van der Waals surface area contributed by atoms with Gasteiger partial charge in [-0.1, -0.05) is 107 Å². The van der Waals surface area contributed by atoms with Gasteiger partial charge in [0, 0.05) is 25.2 Å². The maximum Gasteiger partial charge on any atom is 0.219 e. The van der Waals surface area contributed by atoms with Crippen LogP contribution in [-0.4, -0.2) is 45.4 Å². The molecule has 0 saturated heterocycles. The van der Waals surface area contributed by atoms with Crippen LogP contribution in [-0.2, 0) is 4.79 Å². The number of rotatable bonds is 16. The number of hydrogen-bond acceptors (Lipinski definition) is 5. The summed E-state index contributed by atoms with van der Waals surface area (Å²) in [5.74, 6) is 1.78. The zero-order chi connectivity index (χ0) is 38.6. The van der Waals surface area contributed by atoms with Crippen LogP contribution in [0, 0.1) is 18.8 Å². The third kappa shape index (κ3) is 39.9. The largest absolute Gasteiger partial charge is 0.391 e. The zero-order valence-corrected chi connectivity index (χ0v) is 35.6. The number of thioether (sulfide) groups is 1. The fourth-order valence-corrected chi connectivity index (χ4v) is 4.77. The van der Waals surface area contributed by atoms with Crippen molar-refractivity contribution < 1.29 is 4.79 Å². The molecule has 0 rings (SSSR count). The van der Waals surface area contributed by atoms with Gasteiger partial charge in [-0.2, -0.15) is 0 Å². The Hall–Kier alpha value is -2.20. The number of carbonyl (C=O) groups excluding carboxylic acids is 1. The summed E-state index contributed by atoms with van der Waals surface area (Å²) < 4.78 is 0. The van der Waals surface area contributed by atoms with E-state index in [4.69, 9.17) is 0 Å². The second-order valence-corrected chi connectivity index (χ2v) is 10.9. The first-order chi connectivity index (χ1) is 22.6. The van der Waals surface area contributed by atoms with Crippen molar-refractivity contribution in [2.75, 3.05) is 33.4 Å². The SMILES string of the molecule is C#C.C/C=C(C(/C=C(\CC)SCC)=C/CC)\C(C)=C(\NC)C(C)C.C/C=C\CC.CC.CC.CCC(=O)NC(CC)CCNC.CN. The Bertz CT molecular complexity index is 806. The Morgan fingerprint density at radius 2 is 1.43 bits per heavy atom. The van der Waals surface area contributed by atoms with Crippen LogP contribution in [0.2, 0.25) is 0 Å². The summed E-state index contributed by atoms with van der Waals surface area (Å²) in [6.45, 7) is 32.6. The molecular weight excluding hydrogens is 597 g/mol. The molecule has 0 bridgehead atoms. The van der Waals surface area contributed by atoms with E-state index in [9.17, 15) is 4.79 Å². The lowest BCUT2D eigenvalue weighted by Gasteiger charge is -2.19. The fourth-order valence-electron chi connectivity index (χ4n) is 3.99. The van der Waals surface area contributed by atoms with Gasteiger partial charge in [0.1, 0.15) is 0 Å². The van der Waals surface area contributed by atoms with E-state index in [0.717, 1.165) is 44.4 Å². The van der Waals surface area contributed by atoms with Crippen LogP contribution in [0.1, 0.15) is 142 Å². The Balaban J connectivity index is -0.000000107. The molecule has 0 heterocycles. The molecule has 0 aliphatic rings. The molecule has 0 fully saturated rings. The number of hydrogen-bond donors (Lipinski definition) is 4. The van der Waals surface area contributed by atoms with Gasteiger partial charge in [0.2, 0.25) is 5.91 Å². The predicted octanol–water partition coefficient (Wildman–Crippen LogP) is 11.2. The van der Waals surface area contributed by atoms with Gasteiger partial charge in [-0.3, -0.25) is 4.79 Å². The van der Waals surface area contributed by atoms with E-state index in [0.29, 0.717) is 18.4 Å². The number of allylic oxidation sites excluding steroid dienone is 10. The summed E-state index contributed by atoms with van der Waals surface area (Å²) >= 11 is 1.95. The number of nitrogens with one attached hydrogen (secondary N) is 3. The standard InChI is InChI=1S/C20H35NS.C9H20N2O.C5H10.2C2H6.C2H2.CH5N/c1-9-13-17(14-18(10-2)22-12-4)19(11-3)16(7)20(21-8)15(5)6;1-4-8(6-7-10-3)11-9(12)5-2;1-3-5-4-2;4*1-2/h11,13-15,21H,9-10,12H2,1-8H3;8,10H,4-7H2,1-3H3,(H,11,12);3,5H,4H2,1-2H3;2*1-2H3;1-2H;2H2,1H3/b17-13+,18-14+,19-11+,20-16+;;5-3-;;;;. The third-order valence-corrected chi connectivity index (χ3v) is 7.13. The molecule has 0 aliphatic heterocycles. The van der Waals surface area contributed by atoms with Crippen molar-refractivity contribution in [2.24, 2.45) is 11.7 Å². The van der Waals surface area contributed by atoms with E-state index in [1.165, 1.54) is 34.4 Å². The molecule has 280 valence electrons. The van der Waals surface area contributed by atoms with Crippen LogP contribution in [0.4, 0.5) is 0 Å². The molecule has 1 amide bonds. The molecule has 5 N–H and O–H groups in total. The minimum atomic E-state index is 0.151. The van der Waals surface area contributed by atoms with Crippen molar-refractivity contribution in [3.05, 3.63) is 57.7 Å². The quantitative estimate of drug-likeness (QED) is 0.0741. The second kappa shape index (κ2) is 53.3. The zero-order valence-electron chi connectivity index (χ0n) is 34.7. The molecular formula is C41H84N4OS. The highest BCUT2D eigenvalue weighted by molar-refractivity contribution is 8.03. The van der Waals surface area contributed by atoms with Gasteiger partial charge in [-0.15, -0.1) is 24.6 Å². The lowest BCUT2D eigenvalue weighted by molar-refractivity contribution is -0.121. The summed E-state index contributed by atoms with van der Waals surface area (Å²) in [7, 11) is 5.45. The van der Waals surface area contributed by atoms with E-state index >= 15 is 0 Å². The van der Waals surface area contributed by atoms with Crippen LogP contribution in [0.5, 0.6) is 0 Å². The van der Waals surface area contributed by atoms with Crippen LogP contribution in [0.15, 0.2) is 57.7 Å². The van der Waals surface area contributed by atoms with E-state index in [2.05, 4.69) is 127 Å². The summed E-state index contributed by atoms with van der Waals surface area (Å²) in [4.78, 5) is 12.5. The van der Waals surface area contributed by atoms with Crippen molar-refractivity contribution in [2.45, 2.75) is 148 Å². The Morgan fingerprint density at radius 1 is 0.894 bits per heavy atom. The van der Waals surface area contributed by atoms with E-state index in [-0.39, 0.29) is 5.91 Å². The normalized spacial score (nSPS) is 11.8. The molecule has 0 spiro atoms. The first-order valence-corrected chi connectivity index (χ1v) is 19.2. The highest BCUT2D eigenvalue weighted by Crippen LogP contribution is 2.29. The molecule has 0 aliphatic carbocycles. The molecule has 47 heavy (non-hydrogen) atoms. The number of amides is 1. The maximum atomic E-state index is 11.0. The molecule has 0 radical (unpaired) electrons. The fraction of sp³-hybridized carbons (Fsp3) is 0.683. The van der Waals surface area contributed by atoms with Crippen LogP contribution in [0.25, 0.3) is 0 Å². The molecule has 0 aromatic carbocycles. The van der Waals surface area contributed by atoms with Gasteiger partial charge in [-0.05, 0) is 113 Å². The smallest absolute Gasteiger partial charge is 0.219 e. The molecule has 0 aromatic heterocycles. The van der Waals surface area contributed by atoms with E-state index in [1.54, 1.807) is 0 Å². The number of carbonyl (C=O) groups is 1. The molecule has 1 unspecified atom stereocenters. The molecule has 1 atom stereocenters. The van der Waals surface area contributed by atoms with E-state index in [1.807, 2.05) is 67.4 Å². The minimum absolute atomic E-state index is 0.151. The van der Waals surface area contributed by atoms with Crippen molar-refractivity contribution in [3.63, 3.8) is 0 Å². The Labute approximate surface area is 301 Å². The van der Waals surface area contributed by atoms with Gasteiger partial charge < -0.3 is 21.7 Å². The molecule has 5 nitrogen and oxygen atoms in total. The van der Waals surface area contributed by atoms with Gasteiger partial charge in [0.05, 0.1) is 0 Å². The molecule has 6 heteroatoms. The molecule has 0 aromatic rings. The third-order valence-electron chi connectivity index (χ3n) is 6.07. The average Bonchev–Trinajstić information content (AvgIpc) is 3.11. The predicted molar refractivity (Wildman–Crippen MR) is 224 cm³/mol. The highest BCUT2D eigenvalue weighted by atomic mass is 32.2. The Morgan fingerprint density at radius 3 is 1.70 bits per heavy atom. The maximum absolute atomic E-state index is 11.0. The summed E-state index contributed by atoms with van der Waals surface area (Å²) in [5.41, 5.74) is 9.88. The van der Waals surface area contributed by atoms with Gasteiger partial charge >= 0.3 is 0 Å².